The predicted octanol–water partition coefficient (Wildman–Crippen LogP) is 5.38. The van der Waals surface area contributed by atoms with E-state index in [0.717, 1.165) is 17.6 Å². The lowest BCUT2D eigenvalue weighted by atomic mass is 9.99. The summed E-state index contributed by atoms with van der Waals surface area (Å²) in [5, 5.41) is 0. The summed E-state index contributed by atoms with van der Waals surface area (Å²) in [4.78, 5) is 0. The number of benzene rings is 2. The maximum absolute atomic E-state index is 6.01. The highest BCUT2D eigenvalue weighted by Crippen LogP contribution is 2.28. The van der Waals surface area contributed by atoms with Gasteiger partial charge in [0.15, 0.2) is 0 Å². The molecule has 18 heavy (non-hydrogen) atoms. The molecule has 2 aromatic rings. The van der Waals surface area contributed by atoms with Crippen LogP contribution in [0.15, 0.2) is 59.1 Å². The molecular formula is C16H14Cl2. The van der Waals surface area contributed by atoms with Gasteiger partial charge in [0, 0.05) is 6.42 Å². The van der Waals surface area contributed by atoms with Crippen molar-refractivity contribution in [1.29, 1.82) is 0 Å². The zero-order valence-electron chi connectivity index (χ0n) is 10.2. The van der Waals surface area contributed by atoms with Gasteiger partial charge in [-0.1, -0.05) is 83.4 Å². The molecule has 0 aliphatic carbocycles. The fourth-order valence-corrected chi connectivity index (χ4v) is 2.18. The maximum Gasteiger partial charge on any atom is 0.110 e. The first-order valence-corrected chi connectivity index (χ1v) is 6.57. The Bertz CT molecular complexity index is 535. The van der Waals surface area contributed by atoms with Crippen molar-refractivity contribution in [2.75, 3.05) is 0 Å². The van der Waals surface area contributed by atoms with Crippen LogP contribution in [0.5, 0.6) is 0 Å². The zero-order valence-corrected chi connectivity index (χ0v) is 11.7. The Morgan fingerprint density at radius 3 is 2.06 bits per heavy atom. The molecule has 0 radical (unpaired) electrons. The molecular weight excluding hydrogens is 263 g/mol. The van der Waals surface area contributed by atoms with Gasteiger partial charge in [0.2, 0.25) is 0 Å². The van der Waals surface area contributed by atoms with Crippen molar-refractivity contribution in [1.82, 2.24) is 0 Å². The van der Waals surface area contributed by atoms with Crippen molar-refractivity contribution >= 4 is 28.8 Å². The molecule has 0 saturated heterocycles. The molecule has 0 nitrogen and oxygen atoms in total. The van der Waals surface area contributed by atoms with Gasteiger partial charge in [-0.3, -0.25) is 0 Å². The fourth-order valence-electron chi connectivity index (χ4n) is 1.83. The molecule has 0 unspecified atom stereocenters. The van der Waals surface area contributed by atoms with E-state index in [0.29, 0.717) is 4.49 Å². The Morgan fingerprint density at radius 2 is 1.50 bits per heavy atom. The maximum atomic E-state index is 6.01. The average molecular weight is 277 g/mol. The van der Waals surface area contributed by atoms with E-state index in [4.69, 9.17) is 23.2 Å². The lowest BCUT2D eigenvalue weighted by molar-refractivity contribution is 1.28. The lowest BCUT2D eigenvalue weighted by Gasteiger charge is -2.09. The van der Waals surface area contributed by atoms with Gasteiger partial charge in [0.25, 0.3) is 0 Å². The Balaban J connectivity index is 2.31. The lowest BCUT2D eigenvalue weighted by Crippen LogP contribution is -1.92. The summed E-state index contributed by atoms with van der Waals surface area (Å²) in [7, 11) is 0. The molecule has 0 spiro atoms. The van der Waals surface area contributed by atoms with Crippen molar-refractivity contribution in [2.24, 2.45) is 0 Å². The smallest absolute Gasteiger partial charge is 0.0705 e. The minimum absolute atomic E-state index is 0.336. The SMILES string of the molecule is Cc1ccc(C(Cc2ccccc2)=C(Cl)Cl)cc1. The van der Waals surface area contributed by atoms with E-state index < -0.39 is 0 Å². The highest BCUT2D eigenvalue weighted by atomic mass is 35.5. The number of allylic oxidation sites excluding steroid dienone is 1. The second-order valence-electron chi connectivity index (χ2n) is 4.27. The van der Waals surface area contributed by atoms with E-state index in [9.17, 15) is 0 Å². The van der Waals surface area contributed by atoms with Gasteiger partial charge in [-0.15, -0.1) is 0 Å². The standard InChI is InChI=1S/C16H14Cl2/c1-12-7-9-14(10-8-12)15(16(17)18)11-13-5-3-2-4-6-13/h2-10H,11H2,1H3. The Labute approximate surface area is 118 Å². The molecule has 0 saturated carbocycles. The molecule has 0 N–H and O–H groups in total. The van der Waals surface area contributed by atoms with Crippen LogP contribution in [0.1, 0.15) is 16.7 Å². The molecule has 2 heteroatoms. The van der Waals surface area contributed by atoms with Crippen molar-refractivity contribution in [3.05, 3.63) is 75.8 Å². The van der Waals surface area contributed by atoms with Gasteiger partial charge >= 0.3 is 0 Å². The van der Waals surface area contributed by atoms with E-state index in [2.05, 4.69) is 43.3 Å². The first-order valence-electron chi connectivity index (χ1n) is 5.82. The first kappa shape index (κ1) is 13.2. The second kappa shape index (κ2) is 6.08. The molecule has 0 amide bonds. The van der Waals surface area contributed by atoms with Crippen LogP contribution in [0.4, 0.5) is 0 Å². The van der Waals surface area contributed by atoms with E-state index >= 15 is 0 Å². The normalized spacial score (nSPS) is 10.2. The van der Waals surface area contributed by atoms with Gasteiger partial charge in [-0.2, -0.15) is 0 Å². The van der Waals surface area contributed by atoms with Crippen LogP contribution in [0.25, 0.3) is 5.57 Å². The summed E-state index contributed by atoms with van der Waals surface area (Å²) in [5.74, 6) is 0. The topological polar surface area (TPSA) is 0 Å². The summed E-state index contributed by atoms with van der Waals surface area (Å²) >= 11 is 12.0. The highest BCUT2D eigenvalue weighted by Gasteiger charge is 2.07. The molecule has 0 aliphatic heterocycles. The van der Waals surface area contributed by atoms with Gasteiger partial charge in [-0.05, 0) is 23.6 Å². The Hall–Kier alpha value is -1.24. The molecule has 2 rings (SSSR count). The molecule has 0 aliphatic rings. The third-order valence-electron chi connectivity index (χ3n) is 2.85. The van der Waals surface area contributed by atoms with Crippen LogP contribution in [-0.4, -0.2) is 0 Å². The molecule has 0 atom stereocenters. The largest absolute Gasteiger partial charge is 0.110 e. The van der Waals surface area contributed by atoms with Crippen LogP contribution in [0.3, 0.4) is 0 Å². The Kier molecular flexibility index (Phi) is 4.46. The number of rotatable bonds is 3. The third-order valence-corrected chi connectivity index (χ3v) is 3.31. The predicted molar refractivity (Wildman–Crippen MR) is 80.0 cm³/mol. The number of aryl methyl sites for hydroxylation is 1. The van der Waals surface area contributed by atoms with E-state index in [1.165, 1.54) is 11.1 Å². The van der Waals surface area contributed by atoms with Crippen LogP contribution in [0.2, 0.25) is 0 Å². The van der Waals surface area contributed by atoms with E-state index in [1.807, 2.05) is 18.2 Å². The summed E-state index contributed by atoms with van der Waals surface area (Å²) in [5.41, 5.74) is 4.46. The number of halogens is 2. The number of hydrogen-bond acceptors (Lipinski definition) is 0. The van der Waals surface area contributed by atoms with Crippen molar-refractivity contribution < 1.29 is 0 Å². The van der Waals surface area contributed by atoms with E-state index in [1.54, 1.807) is 0 Å². The minimum atomic E-state index is 0.336. The van der Waals surface area contributed by atoms with E-state index in [-0.39, 0.29) is 0 Å². The van der Waals surface area contributed by atoms with Crippen molar-refractivity contribution in [3.63, 3.8) is 0 Å². The summed E-state index contributed by atoms with van der Waals surface area (Å²) in [6.07, 6.45) is 0.742. The minimum Gasteiger partial charge on any atom is -0.0705 e. The molecule has 0 heterocycles. The van der Waals surface area contributed by atoms with Crippen molar-refractivity contribution in [2.45, 2.75) is 13.3 Å². The molecule has 0 aromatic heterocycles. The average Bonchev–Trinajstić information content (AvgIpc) is 2.38. The molecule has 2 aromatic carbocycles. The first-order chi connectivity index (χ1) is 8.66. The summed E-state index contributed by atoms with van der Waals surface area (Å²) in [6, 6.07) is 18.4. The third kappa shape index (κ3) is 3.38. The monoisotopic (exact) mass is 276 g/mol. The van der Waals surface area contributed by atoms with Crippen LogP contribution in [0, 0.1) is 6.92 Å². The summed E-state index contributed by atoms with van der Waals surface area (Å²) < 4.78 is 0.336. The van der Waals surface area contributed by atoms with Gasteiger partial charge < -0.3 is 0 Å². The van der Waals surface area contributed by atoms with Crippen LogP contribution < -0.4 is 0 Å². The molecule has 92 valence electrons. The highest BCUT2D eigenvalue weighted by molar-refractivity contribution is 6.58. The van der Waals surface area contributed by atoms with Crippen LogP contribution in [-0.2, 0) is 6.42 Å². The van der Waals surface area contributed by atoms with Crippen LogP contribution >= 0.6 is 23.2 Å². The molecule has 0 bridgehead atoms. The van der Waals surface area contributed by atoms with Gasteiger partial charge in [0.05, 0.1) is 0 Å². The Morgan fingerprint density at radius 1 is 0.889 bits per heavy atom. The zero-order chi connectivity index (χ0) is 13.0. The fraction of sp³-hybridized carbons (Fsp3) is 0.125. The van der Waals surface area contributed by atoms with Crippen molar-refractivity contribution in [3.8, 4) is 0 Å². The number of hydrogen-bond donors (Lipinski definition) is 0. The van der Waals surface area contributed by atoms with Gasteiger partial charge in [0.1, 0.15) is 4.49 Å². The molecule has 0 fully saturated rings. The quantitative estimate of drug-likeness (QED) is 0.706. The van der Waals surface area contributed by atoms with Gasteiger partial charge in [-0.25, -0.2) is 0 Å². The summed E-state index contributed by atoms with van der Waals surface area (Å²) in [6.45, 7) is 2.06. The second-order valence-corrected chi connectivity index (χ2v) is 5.22.